The van der Waals surface area contributed by atoms with Gasteiger partial charge in [0.25, 0.3) is 0 Å². The van der Waals surface area contributed by atoms with Gasteiger partial charge in [0.15, 0.2) is 0 Å². The fraction of sp³-hybridized carbons (Fsp3) is 0.273. The molecule has 0 bridgehead atoms. The normalized spacial score (nSPS) is 15.5. The van der Waals surface area contributed by atoms with E-state index in [1.165, 1.54) is 6.21 Å². The number of carboxylic acids is 1. The summed E-state index contributed by atoms with van der Waals surface area (Å²) < 4.78 is 5.56. The van der Waals surface area contributed by atoms with Crippen LogP contribution in [0.3, 0.4) is 0 Å². The average Bonchev–Trinajstić information content (AvgIpc) is 3.20. The number of benzene rings is 1. The Bertz CT molecular complexity index is 708. The quantitative estimate of drug-likeness (QED) is 0.455. The highest BCUT2D eigenvalue weighted by atomic mass is 16.5. The molecule has 2 rings (SSSR count). The van der Waals surface area contributed by atoms with Gasteiger partial charge in [-0.1, -0.05) is 31.2 Å². The molecule has 0 atom stereocenters. The zero-order valence-electron chi connectivity index (χ0n) is 15.8. The molecule has 1 fully saturated rings. The third-order valence-electron chi connectivity index (χ3n) is 3.84. The molecule has 1 aromatic rings. The molecular formula is C22H28N2O3. The van der Waals surface area contributed by atoms with E-state index in [1.54, 1.807) is 24.3 Å². The standard InChI is InChI=1S/C20H24N2O3.C2H4/c1-2-4-18(13-19-5-3-12-25-19)22-11-10-17(14-21)15-6-8-16(9-7-15)20(23)24;1-2/h4,6-10,13-14,21-22H,2-3,5,11-12H2,1H3,(H,23,24);1-2H2/b17-10+,18-4+,19-13+,21-14?;. The first kappa shape index (κ1) is 22.0. The van der Waals surface area contributed by atoms with Gasteiger partial charge in [-0.05, 0) is 42.2 Å². The Morgan fingerprint density at radius 1 is 1.26 bits per heavy atom. The van der Waals surface area contributed by atoms with E-state index in [-0.39, 0.29) is 5.56 Å². The molecule has 0 saturated carbocycles. The molecule has 3 N–H and O–H groups in total. The molecule has 144 valence electrons. The van der Waals surface area contributed by atoms with Gasteiger partial charge in [0.1, 0.15) is 0 Å². The number of ether oxygens (including phenoxy) is 1. The van der Waals surface area contributed by atoms with Crippen molar-refractivity contribution < 1.29 is 14.6 Å². The lowest BCUT2D eigenvalue weighted by molar-refractivity contribution is 0.0697. The van der Waals surface area contributed by atoms with E-state index < -0.39 is 5.97 Å². The highest BCUT2D eigenvalue weighted by molar-refractivity contribution is 6.08. The van der Waals surface area contributed by atoms with Crippen molar-refractivity contribution >= 4 is 17.8 Å². The van der Waals surface area contributed by atoms with Crippen molar-refractivity contribution in [2.75, 3.05) is 13.2 Å². The second-order valence-electron chi connectivity index (χ2n) is 5.70. The number of rotatable bonds is 8. The third-order valence-corrected chi connectivity index (χ3v) is 3.84. The minimum atomic E-state index is -0.954. The molecule has 1 heterocycles. The van der Waals surface area contributed by atoms with Crippen LogP contribution >= 0.6 is 0 Å². The minimum absolute atomic E-state index is 0.238. The van der Waals surface area contributed by atoms with E-state index >= 15 is 0 Å². The molecule has 0 aliphatic carbocycles. The Balaban J connectivity index is 0.00000176. The second kappa shape index (κ2) is 12.3. The maximum atomic E-state index is 10.9. The van der Waals surface area contributed by atoms with Crippen molar-refractivity contribution in [1.82, 2.24) is 5.32 Å². The number of allylic oxidation sites excluding steroid dienone is 4. The molecule has 0 spiro atoms. The van der Waals surface area contributed by atoms with Crippen molar-refractivity contribution in [2.45, 2.75) is 26.2 Å². The third kappa shape index (κ3) is 7.36. The summed E-state index contributed by atoms with van der Waals surface area (Å²) in [5.41, 5.74) is 2.81. The lowest BCUT2D eigenvalue weighted by Gasteiger charge is -2.08. The number of nitrogens with one attached hydrogen (secondary N) is 2. The van der Waals surface area contributed by atoms with Crippen molar-refractivity contribution in [3.05, 3.63) is 78.2 Å². The smallest absolute Gasteiger partial charge is 0.335 e. The van der Waals surface area contributed by atoms with Gasteiger partial charge < -0.3 is 20.6 Å². The summed E-state index contributed by atoms with van der Waals surface area (Å²) in [6.45, 7) is 9.44. The Morgan fingerprint density at radius 3 is 2.44 bits per heavy atom. The fourth-order valence-electron chi connectivity index (χ4n) is 2.56. The second-order valence-corrected chi connectivity index (χ2v) is 5.70. The SMILES string of the molecule is C=C.CC/C=C(\C=C1/CCCO1)NC/C=C(\C=N)c1ccc(C(=O)O)cc1. The van der Waals surface area contributed by atoms with Crippen molar-refractivity contribution in [3.63, 3.8) is 0 Å². The van der Waals surface area contributed by atoms with E-state index in [0.29, 0.717) is 6.54 Å². The maximum absolute atomic E-state index is 10.9. The Morgan fingerprint density at radius 2 is 1.93 bits per heavy atom. The van der Waals surface area contributed by atoms with Gasteiger partial charge in [0.2, 0.25) is 0 Å². The first-order chi connectivity index (χ1) is 13.1. The van der Waals surface area contributed by atoms with Gasteiger partial charge >= 0.3 is 5.97 Å². The summed E-state index contributed by atoms with van der Waals surface area (Å²) in [6.07, 6.45) is 10.3. The lowest BCUT2D eigenvalue weighted by Crippen LogP contribution is -2.12. The van der Waals surface area contributed by atoms with E-state index in [1.807, 2.05) is 12.2 Å². The molecule has 5 nitrogen and oxygen atoms in total. The van der Waals surface area contributed by atoms with Gasteiger partial charge in [0, 0.05) is 24.9 Å². The molecule has 1 saturated heterocycles. The van der Waals surface area contributed by atoms with Crippen molar-refractivity contribution in [1.29, 1.82) is 5.41 Å². The zero-order chi connectivity index (χ0) is 20.1. The highest BCUT2D eigenvalue weighted by Gasteiger charge is 2.08. The molecule has 0 aromatic heterocycles. The van der Waals surface area contributed by atoms with Gasteiger partial charge in [-0.2, -0.15) is 0 Å². The van der Waals surface area contributed by atoms with Crippen LogP contribution in [0.15, 0.2) is 67.1 Å². The maximum Gasteiger partial charge on any atom is 0.335 e. The number of hydrogen-bond donors (Lipinski definition) is 3. The van der Waals surface area contributed by atoms with Crippen LogP contribution in [0, 0.1) is 5.41 Å². The van der Waals surface area contributed by atoms with Crippen LogP contribution in [-0.2, 0) is 4.74 Å². The summed E-state index contributed by atoms with van der Waals surface area (Å²) in [4.78, 5) is 10.9. The predicted molar refractivity (Wildman–Crippen MR) is 111 cm³/mol. The van der Waals surface area contributed by atoms with E-state index in [2.05, 4.69) is 31.5 Å². The minimum Gasteiger partial charge on any atom is -0.498 e. The molecular weight excluding hydrogens is 340 g/mol. The lowest BCUT2D eigenvalue weighted by atomic mass is 10.0. The fourth-order valence-corrected chi connectivity index (χ4v) is 2.56. The first-order valence-corrected chi connectivity index (χ1v) is 8.95. The van der Waals surface area contributed by atoms with Gasteiger partial charge in [-0.3, -0.25) is 0 Å². The van der Waals surface area contributed by atoms with E-state index in [0.717, 1.165) is 48.5 Å². The molecule has 0 amide bonds. The summed E-state index contributed by atoms with van der Waals surface area (Å²) in [6, 6.07) is 6.54. The largest absolute Gasteiger partial charge is 0.498 e. The zero-order valence-corrected chi connectivity index (χ0v) is 15.8. The van der Waals surface area contributed by atoms with Crippen LogP contribution in [-0.4, -0.2) is 30.4 Å². The number of aromatic carboxylic acids is 1. The number of carbonyl (C=O) groups is 1. The molecule has 1 aliphatic rings. The summed E-state index contributed by atoms with van der Waals surface area (Å²) in [7, 11) is 0. The van der Waals surface area contributed by atoms with Gasteiger partial charge in [0.05, 0.1) is 17.9 Å². The topological polar surface area (TPSA) is 82.4 Å². The number of carboxylic acid groups (broad SMARTS) is 1. The summed E-state index contributed by atoms with van der Waals surface area (Å²) in [5.74, 6) is 0.0535. The van der Waals surface area contributed by atoms with Crippen LogP contribution in [0.5, 0.6) is 0 Å². The molecule has 0 unspecified atom stereocenters. The molecule has 27 heavy (non-hydrogen) atoms. The van der Waals surface area contributed by atoms with Gasteiger partial charge in [-0.25, -0.2) is 4.79 Å². The predicted octanol–water partition coefficient (Wildman–Crippen LogP) is 4.80. The molecule has 1 aliphatic heterocycles. The molecule has 0 radical (unpaired) electrons. The molecule has 5 heteroatoms. The number of hydrogen-bond acceptors (Lipinski definition) is 4. The first-order valence-electron chi connectivity index (χ1n) is 8.95. The van der Waals surface area contributed by atoms with E-state index in [4.69, 9.17) is 15.3 Å². The Labute approximate surface area is 161 Å². The van der Waals surface area contributed by atoms with Crippen LogP contribution < -0.4 is 5.32 Å². The van der Waals surface area contributed by atoms with Crippen molar-refractivity contribution in [2.24, 2.45) is 0 Å². The van der Waals surface area contributed by atoms with Crippen molar-refractivity contribution in [3.8, 4) is 0 Å². The summed E-state index contributed by atoms with van der Waals surface area (Å²) in [5, 5.41) is 19.9. The highest BCUT2D eigenvalue weighted by Crippen LogP contribution is 2.18. The Kier molecular flexibility index (Phi) is 10.0. The van der Waals surface area contributed by atoms with Crippen LogP contribution in [0.2, 0.25) is 0 Å². The van der Waals surface area contributed by atoms with Crippen LogP contribution in [0.1, 0.15) is 42.1 Å². The summed E-state index contributed by atoms with van der Waals surface area (Å²) >= 11 is 0. The average molecular weight is 368 g/mol. The molecule has 1 aromatic carbocycles. The van der Waals surface area contributed by atoms with Gasteiger partial charge in [-0.15, -0.1) is 13.2 Å². The van der Waals surface area contributed by atoms with Crippen LogP contribution in [0.4, 0.5) is 0 Å². The van der Waals surface area contributed by atoms with E-state index in [9.17, 15) is 4.79 Å². The van der Waals surface area contributed by atoms with Crippen LogP contribution in [0.25, 0.3) is 5.57 Å². The monoisotopic (exact) mass is 368 g/mol. The Hall–Kier alpha value is -3.08.